The second kappa shape index (κ2) is 7.21. The molecule has 0 aromatic heterocycles. The second-order valence-corrected chi connectivity index (χ2v) is 5.73. The Kier molecular flexibility index (Phi) is 4.85. The molecule has 0 spiro atoms. The van der Waals surface area contributed by atoms with Crippen LogP contribution in [0.3, 0.4) is 0 Å². The summed E-state index contributed by atoms with van der Waals surface area (Å²) >= 11 is 0. The van der Waals surface area contributed by atoms with Crippen molar-refractivity contribution in [3.8, 4) is 11.5 Å². The number of hydrogen-bond acceptors (Lipinski definition) is 4. The number of rotatable bonds is 5. The maximum absolute atomic E-state index is 12.5. The van der Waals surface area contributed by atoms with Gasteiger partial charge < -0.3 is 14.8 Å². The normalized spacial score (nSPS) is 16.8. The summed E-state index contributed by atoms with van der Waals surface area (Å²) in [5, 5.41) is 3.29. The molecule has 1 aliphatic heterocycles. The van der Waals surface area contributed by atoms with Gasteiger partial charge in [-0.25, -0.2) is 0 Å². The van der Waals surface area contributed by atoms with Crippen molar-refractivity contribution in [2.45, 2.75) is 19.8 Å². The zero-order valence-electron chi connectivity index (χ0n) is 13.8. The lowest BCUT2D eigenvalue weighted by Crippen LogP contribution is -2.16. The van der Waals surface area contributed by atoms with Gasteiger partial charge in [0.05, 0.1) is 0 Å². The van der Waals surface area contributed by atoms with E-state index in [1.165, 1.54) is 0 Å². The largest absolute Gasteiger partial charge is 0.486 e. The maximum Gasteiger partial charge on any atom is 0.187 e. The number of nitrogens with one attached hydrogen (secondary N) is 1. The van der Waals surface area contributed by atoms with Gasteiger partial charge in [-0.1, -0.05) is 24.8 Å². The van der Waals surface area contributed by atoms with Crippen molar-refractivity contribution in [1.82, 2.24) is 5.32 Å². The van der Waals surface area contributed by atoms with Crippen LogP contribution in [0.15, 0.2) is 66.0 Å². The van der Waals surface area contributed by atoms with Crippen LogP contribution in [0.5, 0.6) is 11.5 Å². The molecule has 0 amide bonds. The van der Waals surface area contributed by atoms with Gasteiger partial charge in [0, 0.05) is 23.0 Å². The van der Waals surface area contributed by atoms with Gasteiger partial charge in [0.25, 0.3) is 0 Å². The van der Waals surface area contributed by atoms with E-state index < -0.39 is 0 Å². The molecule has 0 atom stereocenters. The highest BCUT2D eigenvalue weighted by Gasteiger charge is 2.14. The highest BCUT2D eigenvalue weighted by atomic mass is 16.6. The smallest absolute Gasteiger partial charge is 0.187 e. The second-order valence-electron chi connectivity index (χ2n) is 5.73. The topological polar surface area (TPSA) is 47.6 Å². The molecule has 0 radical (unpaired) electrons. The van der Waals surface area contributed by atoms with Crippen LogP contribution in [0.25, 0.3) is 0 Å². The first-order valence-electron chi connectivity index (χ1n) is 8.10. The molecule has 4 heteroatoms. The van der Waals surface area contributed by atoms with Crippen LogP contribution >= 0.6 is 0 Å². The molecule has 1 aromatic carbocycles. The van der Waals surface area contributed by atoms with Crippen molar-refractivity contribution in [3.05, 3.63) is 71.6 Å². The zero-order valence-corrected chi connectivity index (χ0v) is 13.8. The summed E-state index contributed by atoms with van der Waals surface area (Å²) in [6.07, 6.45) is 9.71. The fraction of sp³-hybridized carbons (Fsp3) is 0.250. The summed E-state index contributed by atoms with van der Waals surface area (Å²) in [5.41, 5.74) is 3.44. The molecule has 1 N–H and O–H groups in total. The Morgan fingerprint density at radius 3 is 2.71 bits per heavy atom. The van der Waals surface area contributed by atoms with E-state index >= 15 is 0 Å². The quantitative estimate of drug-likeness (QED) is 0.659. The van der Waals surface area contributed by atoms with Gasteiger partial charge in [-0.3, -0.25) is 4.79 Å². The zero-order chi connectivity index (χ0) is 16.9. The highest BCUT2D eigenvalue weighted by Crippen LogP contribution is 2.31. The van der Waals surface area contributed by atoms with Gasteiger partial charge in [-0.2, -0.15) is 0 Å². The lowest BCUT2D eigenvalue weighted by Gasteiger charge is -2.18. The standard InChI is InChI=1S/C20H21NO3/c1-3-15-6-4-5-7-17(15)21-14(2)12-18(22)16-8-9-19-20(13-16)24-11-10-23-19/h3,6-9,12-13,21H,1,4-5,10-11H2,2H3/b14-12-. The number of ether oxygens (including phenoxy) is 2. The fourth-order valence-electron chi connectivity index (χ4n) is 2.74. The summed E-state index contributed by atoms with van der Waals surface area (Å²) in [5.74, 6) is 1.24. The number of hydrogen-bond donors (Lipinski definition) is 1. The van der Waals surface area contributed by atoms with E-state index in [-0.39, 0.29) is 5.78 Å². The van der Waals surface area contributed by atoms with Crippen LogP contribution in [-0.2, 0) is 0 Å². The number of allylic oxidation sites excluding steroid dienone is 5. The van der Waals surface area contributed by atoms with Crippen molar-refractivity contribution in [2.75, 3.05) is 13.2 Å². The van der Waals surface area contributed by atoms with E-state index in [0.717, 1.165) is 29.8 Å². The molecule has 124 valence electrons. The first-order chi connectivity index (χ1) is 11.7. The molecule has 1 aromatic rings. The Hall–Kier alpha value is -2.75. The molecule has 0 bridgehead atoms. The van der Waals surface area contributed by atoms with Crippen LogP contribution in [0.2, 0.25) is 0 Å². The van der Waals surface area contributed by atoms with Crippen molar-refractivity contribution in [2.24, 2.45) is 0 Å². The van der Waals surface area contributed by atoms with Crippen LogP contribution in [-0.4, -0.2) is 19.0 Å². The third kappa shape index (κ3) is 3.59. The molecule has 3 rings (SSSR count). The molecule has 4 nitrogen and oxygen atoms in total. The van der Waals surface area contributed by atoms with Crippen molar-refractivity contribution in [3.63, 3.8) is 0 Å². The van der Waals surface area contributed by atoms with Crippen molar-refractivity contribution >= 4 is 5.78 Å². The SMILES string of the molecule is C=CC1=CCCC=C1N/C(C)=C\C(=O)c1ccc2c(c1)OCCO2. The van der Waals surface area contributed by atoms with E-state index in [1.807, 2.05) is 13.0 Å². The van der Waals surface area contributed by atoms with Gasteiger partial charge in [-0.05, 0) is 43.5 Å². The number of ketones is 1. The molecular formula is C20H21NO3. The van der Waals surface area contributed by atoms with E-state index in [0.29, 0.717) is 30.3 Å². The van der Waals surface area contributed by atoms with Gasteiger partial charge in [0.15, 0.2) is 17.3 Å². The number of carbonyl (C=O) groups excluding carboxylic acids is 1. The van der Waals surface area contributed by atoms with Gasteiger partial charge >= 0.3 is 0 Å². The molecule has 24 heavy (non-hydrogen) atoms. The van der Waals surface area contributed by atoms with Crippen LogP contribution in [0.4, 0.5) is 0 Å². The first kappa shape index (κ1) is 16.1. The molecule has 0 saturated heterocycles. The van der Waals surface area contributed by atoms with Crippen molar-refractivity contribution < 1.29 is 14.3 Å². The molecule has 1 heterocycles. The average molecular weight is 323 g/mol. The Morgan fingerprint density at radius 2 is 1.92 bits per heavy atom. The summed E-state index contributed by atoms with van der Waals surface area (Å²) in [4.78, 5) is 12.5. The molecule has 2 aliphatic rings. The highest BCUT2D eigenvalue weighted by molar-refractivity contribution is 6.05. The predicted molar refractivity (Wildman–Crippen MR) is 94.3 cm³/mol. The number of fused-ring (bicyclic) bond motifs is 1. The number of benzene rings is 1. The average Bonchev–Trinajstić information content (AvgIpc) is 2.61. The third-order valence-electron chi connectivity index (χ3n) is 3.92. The van der Waals surface area contributed by atoms with E-state index in [1.54, 1.807) is 24.3 Å². The molecular weight excluding hydrogens is 302 g/mol. The minimum Gasteiger partial charge on any atom is -0.486 e. The maximum atomic E-state index is 12.5. The van der Waals surface area contributed by atoms with Gasteiger partial charge in [0.1, 0.15) is 13.2 Å². The first-order valence-corrected chi connectivity index (χ1v) is 8.10. The molecule has 0 fully saturated rings. The van der Waals surface area contributed by atoms with E-state index in [2.05, 4.69) is 24.0 Å². The number of carbonyl (C=O) groups is 1. The molecule has 1 aliphatic carbocycles. The Balaban J connectivity index is 1.73. The van der Waals surface area contributed by atoms with Crippen LogP contribution in [0, 0.1) is 0 Å². The van der Waals surface area contributed by atoms with E-state index in [4.69, 9.17) is 9.47 Å². The monoisotopic (exact) mass is 323 g/mol. The predicted octanol–water partition coefficient (Wildman–Crippen LogP) is 3.92. The lowest BCUT2D eigenvalue weighted by atomic mass is 10.0. The third-order valence-corrected chi connectivity index (χ3v) is 3.92. The fourth-order valence-corrected chi connectivity index (χ4v) is 2.74. The Labute approximate surface area is 142 Å². The summed E-state index contributed by atoms with van der Waals surface area (Å²) in [6, 6.07) is 5.27. The minimum absolute atomic E-state index is 0.0717. The van der Waals surface area contributed by atoms with Gasteiger partial charge in [-0.15, -0.1) is 0 Å². The minimum atomic E-state index is -0.0717. The summed E-state index contributed by atoms with van der Waals surface area (Å²) < 4.78 is 11.0. The molecule has 0 saturated carbocycles. The molecule has 0 unspecified atom stereocenters. The lowest BCUT2D eigenvalue weighted by molar-refractivity contribution is 0.104. The van der Waals surface area contributed by atoms with Crippen LogP contribution in [0.1, 0.15) is 30.1 Å². The summed E-state index contributed by atoms with van der Waals surface area (Å²) in [6.45, 7) is 6.76. The Bertz CT molecular complexity index is 756. The van der Waals surface area contributed by atoms with Crippen LogP contribution < -0.4 is 14.8 Å². The Morgan fingerprint density at radius 1 is 1.17 bits per heavy atom. The van der Waals surface area contributed by atoms with Gasteiger partial charge in [0.2, 0.25) is 0 Å². The van der Waals surface area contributed by atoms with E-state index in [9.17, 15) is 4.79 Å². The van der Waals surface area contributed by atoms with Crippen molar-refractivity contribution in [1.29, 1.82) is 0 Å². The summed E-state index contributed by atoms with van der Waals surface area (Å²) in [7, 11) is 0.